The molecular weight excluding hydrogens is 95.0 g/mol. The predicted molar refractivity (Wildman–Crippen MR) is 28.8 cm³/mol. The van der Waals surface area contributed by atoms with E-state index >= 15 is 0 Å². The zero-order chi connectivity index (χ0) is 4.28. The third kappa shape index (κ3) is 8.82. The number of rotatable bonds is 1. The summed E-state index contributed by atoms with van der Waals surface area (Å²) in [5, 5.41) is 7.64. The van der Waals surface area contributed by atoms with Crippen molar-refractivity contribution in [3.8, 4) is 0 Å². The topological polar surface area (TPSA) is 29.5 Å². The second-order valence-electron chi connectivity index (χ2n) is 1.15. The summed E-state index contributed by atoms with van der Waals surface area (Å²) in [4.78, 5) is 3.75. The fourth-order valence-electron chi connectivity index (χ4n) is 0. The van der Waals surface area contributed by atoms with Crippen molar-refractivity contribution < 1.29 is 10.1 Å². The van der Waals surface area contributed by atoms with E-state index in [2.05, 4.69) is 4.89 Å². The van der Waals surface area contributed by atoms with Gasteiger partial charge in [-0.2, -0.15) is 0 Å². The highest BCUT2D eigenvalue weighted by Gasteiger charge is 1.81. The van der Waals surface area contributed by atoms with Crippen LogP contribution < -0.4 is 0 Å². The average molecular weight is 106 g/mol. The Labute approximate surface area is 48.2 Å². The van der Waals surface area contributed by atoms with Crippen LogP contribution in [-0.4, -0.2) is 28.7 Å². The van der Waals surface area contributed by atoms with Crippen LogP contribution in [0.1, 0.15) is 13.8 Å². The highest BCUT2D eigenvalue weighted by Crippen LogP contribution is 1.77. The van der Waals surface area contributed by atoms with Crippen molar-refractivity contribution >= 4 is 17.4 Å². The van der Waals surface area contributed by atoms with Crippen LogP contribution in [0.25, 0.3) is 0 Å². The van der Waals surface area contributed by atoms with Crippen LogP contribution in [0.15, 0.2) is 0 Å². The maximum absolute atomic E-state index is 7.64. The Balaban J connectivity index is 0. The Morgan fingerprint density at radius 2 is 1.67 bits per heavy atom. The van der Waals surface area contributed by atoms with Crippen LogP contribution in [0.4, 0.5) is 0 Å². The minimum absolute atomic E-state index is 0. The number of hydrogen-bond acceptors (Lipinski definition) is 2. The normalized spacial score (nSPS) is 8.00. The standard InChI is InChI=1S/C3H8O2.Al.3H/c1-3(2)5-4;;;;/h3-4H,1-2H3;;;;. The van der Waals surface area contributed by atoms with Crippen LogP contribution in [0.3, 0.4) is 0 Å². The minimum atomic E-state index is -0.0602. The highest BCUT2D eigenvalue weighted by molar-refractivity contribution is 5.75. The first kappa shape index (κ1) is 9.68. The van der Waals surface area contributed by atoms with Gasteiger partial charge in [-0.25, -0.2) is 4.89 Å². The molecule has 1 N–H and O–H groups in total. The van der Waals surface area contributed by atoms with Crippen molar-refractivity contribution in [2.24, 2.45) is 0 Å². The van der Waals surface area contributed by atoms with Gasteiger partial charge in [-0.15, -0.1) is 0 Å². The molecule has 2 nitrogen and oxygen atoms in total. The first-order chi connectivity index (χ1) is 2.27. The van der Waals surface area contributed by atoms with Crippen LogP contribution in [0.2, 0.25) is 0 Å². The largest absolute Gasteiger partial charge is 0.252 e. The van der Waals surface area contributed by atoms with Gasteiger partial charge >= 0.3 is 0 Å². The molecule has 3 heteroatoms. The molecule has 0 saturated carbocycles. The van der Waals surface area contributed by atoms with Gasteiger partial charge in [-0.1, -0.05) is 0 Å². The molecule has 0 saturated heterocycles. The van der Waals surface area contributed by atoms with Crippen molar-refractivity contribution in [1.82, 2.24) is 0 Å². The maximum atomic E-state index is 7.64. The van der Waals surface area contributed by atoms with E-state index in [-0.39, 0.29) is 23.5 Å². The Morgan fingerprint density at radius 3 is 1.67 bits per heavy atom. The van der Waals surface area contributed by atoms with Crippen molar-refractivity contribution in [1.29, 1.82) is 0 Å². The Bertz CT molecular complexity index is 22.8. The Morgan fingerprint density at radius 1 is 1.50 bits per heavy atom. The summed E-state index contributed by atoms with van der Waals surface area (Å²) in [6, 6.07) is 0. The monoisotopic (exact) mass is 106 g/mol. The second-order valence-corrected chi connectivity index (χ2v) is 1.15. The van der Waals surface area contributed by atoms with Gasteiger partial charge in [0.1, 0.15) is 0 Å². The molecule has 0 unspecified atom stereocenters. The van der Waals surface area contributed by atoms with E-state index in [0.717, 1.165) is 0 Å². The molecule has 0 heterocycles. The van der Waals surface area contributed by atoms with Gasteiger partial charge in [0.15, 0.2) is 17.4 Å². The van der Waals surface area contributed by atoms with Gasteiger partial charge in [0.2, 0.25) is 0 Å². The van der Waals surface area contributed by atoms with Gasteiger partial charge in [0, 0.05) is 0 Å². The first-order valence-electron chi connectivity index (χ1n) is 1.57. The molecule has 0 rings (SSSR count). The second kappa shape index (κ2) is 5.45. The van der Waals surface area contributed by atoms with E-state index in [1.165, 1.54) is 0 Å². The van der Waals surface area contributed by atoms with Gasteiger partial charge in [0.05, 0.1) is 6.10 Å². The zero-order valence-electron chi connectivity index (χ0n) is 3.43. The molecule has 6 heavy (non-hydrogen) atoms. The summed E-state index contributed by atoms with van der Waals surface area (Å²) in [7, 11) is 0. The van der Waals surface area contributed by atoms with E-state index in [0.29, 0.717) is 0 Å². The van der Waals surface area contributed by atoms with Crippen molar-refractivity contribution in [3.63, 3.8) is 0 Å². The van der Waals surface area contributed by atoms with Crippen LogP contribution in [0.5, 0.6) is 0 Å². The predicted octanol–water partition coefficient (Wildman–Crippen LogP) is -0.299. The molecule has 0 aromatic carbocycles. The fourth-order valence-corrected chi connectivity index (χ4v) is 0. The molecule has 0 aromatic heterocycles. The van der Waals surface area contributed by atoms with Crippen molar-refractivity contribution in [2.45, 2.75) is 20.0 Å². The van der Waals surface area contributed by atoms with Crippen LogP contribution in [0, 0.1) is 0 Å². The van der Waals surface area contributed by atoms with Gasteiger partial charge in [-0.05, 0) is 13.8 Å². The van der Waals surface area contributed by atoms with Gasteiger partial charge in [-0.3, -0.25) is 5.26 Å². The summed E-state index contributed by atoms with van der Waals surface area (Å²) in [5.74, 6) is 0. The molecule has 0 bridgehead atoms. The lowest BCUT2D eigenvalue weighted by atomic mass is 10.5. The molecule has 0 aliphatic heterocycles. The van der Waals surface area contributed by atoms with E-state index in [1.807, 2.05) is 0 Å². The van der Waals surface area contributed by atoms with Gasteiger partial charge < -0.3 is 0 Å². The first-order valence-corrected chi connectivity index (χ1v) is 1.57. The number of hydrogen-bond donors (Lipinski definition) is 1. The lowest BCUT2D eigenvalue weighted by Gasteiger charge is -1.91. The third-order valence-electron chi connectivity index (χ3n) is 0.211. The Kier molecular flexibility index (Phi) is 8.79. The molecule has 0 spiro atoms. The summed E-state index contributed by atoms with van der Waals surface area (Å²) in [5.41, 5.74) is 0. The quantitative estimate of drug-likeness (QED) is 0.282. The third-order valence-corrected chi connectivity index (χ3v) is 0.211. The fraction of sp³-hybridized carbons (Fsp3) is 1.00. The molecule has 0 aromatic rings. The van der Waals surface area contributed by atoms with E-state index in [9.17, 15) is 0 Å². The zero-order valence-corrected chi connectivity index (χ0v) is 3.43. The molecule has 0 amide bonds. The van der Waals surface area contributed by atoms with Crippen LogP contribution >= 0.6 is 0 Å². The Hall–Kier alpha value is 0.452. The lowest BCUT2D eigenvalue weighted by molar-refractivity contribution is -0.269. The molecule has 0 aliphatic carbocycles. The SMILES string of the molecule is CC(C)OO.[AlH3]. The van der Waals surface area contributed by atoms with Crippen LogP contribution in [-0.2, 0) is 4.89 Å². The minimum Gasteiger partial charge on any atom is -0.252 e. The summed E-state index contributed by atoms with van der Waals surface area (Å²) in [6.45, 7) is 3.50. The smallest absolute Gasteiger partial charge is 0.187 e. The van der Waals surface area contributed by atoms with Crippen molar-refractivity contribution in [2.75, 3.05) is 0 Å². The van der Waals surface area contributed by atoms with E-state index in [1.54, 1.807) is 13.8 Å². The maximum Gasteiger partial charge on any atom is 0.187 e. The summed E-state index contributed by atoms with van der Waals surface area (Å²) < 4.78 is 0. The van der Waals surface area contributed by atoms with E-state index in [4.69, 9.17) is 5.26 Å². The summed E-state index contributed by atoms with van der Waals surface area (Å²) in [6.07, 6.45) is -0.0602. The van der Waals surface area contributed by atoms with E-state index < -0.39 is 0 Å². The molecule has 0 radical (unpaired) electrons. The van der Waals surface area contributed by atoms with Crippen molar-refractivity contribution in [3.05, 3.63) is 0 Å². The highest BCUT2D eigenvalue weighted by atomic mass is 27.0. The molecule has 0 fully saturated rings. The molecule has 0 aliphatic rings. The molecule has 38 valence electrons. The molecule has 0 atom stereocenters. The lowest BCUT2D eigenvalue weighted by Crippen LogP contribution is -1.95. The van der Waals surface area contributed by atoms with Gasteiger partial charge in [0.25, 0.3) is 0 Å². The average Bonchev–Trinajstić information content (AvgIpc) is 1.38. The summed E-state index contributed by atoms with van der Waals surface area (Å²) >= 11 is 0. The molecular formula is C3H11AlO2.